The Labute approximate surface area is 87.7 Å². The molecule has 0 atom stereocenters. The van der Waals surface area contributed by atoms with Gasteiger partial charge in [0.15, 0.2) is 0 Å². The molecule has 0 saturated heterocycles. The number of aromatic amines is 1. The van der Waals surface area contributed by atoms with Crippen LogP contribution in [0.4, 0.5) is 13.2 Å². The first-order chi connectivity index (χ1) is 7.37. The first-order valence-electron chi connectivity index (χ1n) is 4.77. The van der Waals surface area contributed by atoms with Crippen LogP contribution < -0.4 is 11.2 Å². The number of alkyl halides is 3. The van der Waals surface area contributed by atoms with Gasteiger partial charge in [-0.2, -0.15) is 13.2 Å². The zero-order valence-electron chi connectivity index (χ0n) is 8.17. The third-order valence-corrected chi connectivity index (χ3v) is 2.40. The first-order valence-corrected chi connectivity index (χ1v) is 4.77. The average molecular weight is 234 g/mol. The number of nitrogens with zero attached hydrogens (tertiary/aromatic N) is 1. The van der Waals surface area contributed by atoms with Crippen LogP contribution in [-0.4, -0.2) is 15.7 Å². The number of nitrogens with one attached hydrogen (secondary N) is 1. The lowest BCUT2D eigenvalue weighted by Crippen LogP contribution is -2.39. The predicted molar refractivity (Wildman–Crippen MR) is 49.4 cm³/mol. The first kappa shape index (κ1) is 11.0. The summed E-state index contributed by atoms with van der Waals surface area (Å²) in [6, 6.07) is 1.07. The minimum absolute atomic E-state index is 0.126. The highest BCUT2D eigenvalue weighted by Crippen LogP contribution is 2.37. The fourth-order valence-electron chi connectivity index (χ4n) is 1.48. The van der Waals surface area contributed by atoms with E-state index in [1.807, 2.05) is 0 Å². The van der Waals surface area contributed by atoms with Gasteiger partial charge in [-0.3, -0.25) is 9.36 Å². The molecule has 0 radical (unpaired) electrons. The molecule has 2 rings (SSSR count). The smallest absolute Gasteiger partial charge is 0.311 e. The number of hydrogen-bond acceptors (Lipinski definition) is 2. The molecule has 1 aromatic rings. The summed E-state index contributed by atoms with van der Waals surface area (Å²) in [5.74, 6) is 0.126. The molecule has 0 amide bonds. The highest BCUT2D eigenvalue weighted by Gasteiger charge is 2.31. The summed E-state index contributed by atoms with van der Waals surface area (Å²) in [4.78, 5) is 24.9. The van der Waals surface area contributed by atoms with Crippen LogP contribution in [0.1, 0.15) is 24.5 Å². The molecule has 1 saturated carbocycles. The van der Waals surface area contributed by atoms with Gasteiger partial charge in [0.05, 0.1) is 0 Å². The van der Waals surface area contributed by atoms with Crippen LogP contribution >= 0.6 is 0 Å². The van der Waals surface area contributed by atoms with E-state index in [0.29, 0.717) is 5.69 Å². The molecule has 1 aliphatic carbocycles. The molecule has 0 aromatic carbocycles. The Morgan fingerprint density at radius 3 is 2.44 bits per heavy atom. The molecular formula is C9H9F3N2O2. The summed E-state index contributed by atoms with van der Waals surface area (Å²) < 4.78 is 36.3. The van der Waals surface area contributed by atoms with E-state index in [4.69, 9.17) is 0 Å². The summed E-state index contributed by atoms with van der Waals surface area (Å²) >= 11 is 0. The number of hydrogen-bond donors (Lipinski definition) is 1. The van der Waals surface area contributed by atoms with Gasteiger partial charge in [0.2, 0.25) is 0 Å². The van der Waals surface area contributed by atoms with Crippen molar-refractivity contribution in [3.63, 3.8) is 0 Å². The number of H-pyrrole nitrogens is 1. The van der Waals surface area contributed by atoms with Crippen LogP contribution in [0.15, 0.2) is 15.7 Å². The maximum absolute atomic E-state index is 12.1. The molecule has 0 unspecified atom stereocenters. The van der Waals surface area contributed by atoms with E-state index in [2.05, 4.69) is 4.98 Å². The van der Waals surface area contributed by atoms with Crippen molar-refractivity contribution in [2.45, 2.75) is 31.5 Å². The molecule has 1 aliphatic rings. The van der Waals surface area contributed by atoms with Gasteiger partial charge in [-0.15, -0.1) is 0 Å². The van der Waals surface area contributed by atoms with Crippen LogP contribution in [0, 0.1) is 0 Å². The summed E-state index contributed by atoms with van der Waals surface area (Å²) in [5, 5.41) is 0. The van der Waals surface area contributed by atoms with Crippen LogP contribution in [-0.2, 0) is 6.54 Å². The Bertz CT molecular complexity index is 479. The Morgan fingerprint density at radius 1 is 1.38 bits per heavy atom. The highest BCUT2D eigenvalue weighted by molar-refractivity contribution is 5.12. The van der Waals surface area contributed by atoms with E-state index in [1.54, 1.807) is 0 Å². The van der Waals surface area contributed by atoms with Gasteiger partial charge in [-0.05, 0) is 18.8 Å². The normalized spacial score (nSPS) is 16.4. The molecule has 1 fully saturated rings. The second-order valence-electron chi connectivity index (χ2n) is 3.84. The van der Waals surface area contributed by atoms with Gasteiger partial charge >= 0.3 is 11.9 Å². The lowest BCUT2D eigenvalue weighted by molar-refractivity contribution is -0.141. The summed E-state index contributed by atoms with van der Waals surface area (Å²) in [7, 11) is 0. The quantitative estimate of drug-likeness (QED) is 0.829. The highest BCUT2D eigenvalue weighted by atomic mass is 19.4. The van der Waals surface area contributed by atoms with Crippen LogP contribution in [0.2, 0.25) is 0 Å². The van der Waals surface area contributed by atoms with E-state index < -0.39 is 24.0 Å². The van der Waals surface area contributed by atoms with Crippen molar-refractivity contribution in [3.05, 3.63) is 32.6 Å². The van der Waals surface area contributed by atoms with Gasteiger partial charge in [0.1, 0.15) is 6.54 Å². The largest absolute Gasteiger partial charge is 0.406 e. The molecular weight excluding hydrogens is 225 g/mol. The van der Waals surface area contributed by atoms with Gasteiger partial charge < -0.3 is 4.98 Å². The third kappa shape index (κ3) is 2.34. The number of aromatic nitrogens is 2. The van der Waals surface area contributed by atoms with Crippen molar-refractivity contribution in [3.8, 4) is 0 Å². The van der Waals surface area contributed by atoms with E-state index in [1.165, 1.54) is 0 Å². The Hall–Kier alpha value is -1.53. The minimum atomic E-state index is -4.57. The molecule has 16 heavy (non-hydrogen) atoms. The van der Waals surface area contributed by atoms with Crippen LogP contribution in [0.5, 0.6) is 0 Å². The van der Waals surface area contributed by atoms with Crippen LogP contribution in [0.3, 0.4) is 0 Å². The van der Waals surface area contributed by atoms with Crippen molar-refractivity contribution in [2.75, 3.05) is 0 Å². The molecule has 1 heterocycles. The molecule has 7 heteroatoms. The Kier molecular flexibility index (Phi) is 2.40. The van der Waals surface area contributed by atoms with E-state index in [-0.39, 0.29) is 10.5 Å². The molecule has 88 valence electrons. The van der Waals surface area contributed by atoms with Crippen molar-refractivity contribution >= 4 is 0 Å². The second-order valence-corrected chi connectivity index (χ2v) is 3.84. The molecule has 1 N–H and O–H groups in total. The van der Waals surface area contributed by atoms with E-state index >= 15 is 0 Å². The number of halogens is 3. The van der Waals surface area contributed by atoms with Crippen molar-refractivity contribution in [1.82, 2.24) is 9.55 Å². The SMILES string of the molecule is O=c1cc(C2CC2)[nH]c(=O)n1CC(F)(F)F. The molecule has 0 bridgehead atoms. The molecule has 0 spiro atoms. The monoisotopic (exact) mass is 234 g/mol. The molecule has 4 nitrogen and oxygen atoms in total. The molecule has 0 aliphatic heterocycles. The minimum Gasteiger partial charge on any atom is -0.311 e. The third-order valence-electron chi connectivity index (χ3n) is 2.40. The van der Waals surface area contributed by atoms with Gasteiger partial charge in [0.25, 0.3) is 5.56 Å². The maximum atomic E-state index is 12.1. The maximum Gasteiger partial charge on any atom is 0.406 e. The summed E-state index contributed by atoms with van der Waals surface area (Å²) in [6.07, 6.45) is -2.85. The Balaban J connectivity index is 2.40. The zero-order chi connectivity index (χ0) is 11.9. The fourth-order valence-corrected chi connectivity index (χ4v) is 1.48. The van der Waals surface area contributed by atoms with Crippen LogP contribution in [0.25, 0.3) is 0 Å². The van der Waals surface area contributed by atoms with Gasteiger partial charge in [-0.25, -0.2) is 4.79 Å². The average Bonchev–Trinajstić information content (AvgIpc) is 2.92. The van der Waals surface area contributed by atoms with Crippen molar-refractivity contribution < 1.29 is 13.2 Å². The van der Waals surface area contributed by atoms with Crippen molar-refractivity contribution in [2.24, 2.45) is 0 Å². The second kappa shape index (κ2) is 3.50. The predicted octanol–water partition coefficient (Wildman–Crippen LogP) is 0.976. The summed E-state index contributed by atoms with van der Waals surface area (Å²) in [5.41, 5.74) is -1.46. The topological polar surface area (TPSA) is 54.9 Å². The molecule has 1 aromatic heterocycles. The lowest BCUT2D eigenvalue weighted by Gasteiger charge is -2.08. The van der Waals surface area contributed by atoms with Crippen molar-refractivity contribution in [1.29, 1.82) is 0 Å². The number of rotatable bonds is 2. The lowest BCUT2D eigenvalue weighted by atomic mass is 10.3. The standard InChI is InChI=1S/C9H9F3N2O2/c10-9(11,12)4-14-7(15)3-6(5-1-2-5)13-8(14)16/h3,5H,1-2,4H2,(H,13,16). The summed E-state index contributed by atoms with van der Waals surface area (Å²) in [6.45, 7) is -1.55. The van der Waals surface area contributed by atoms with Gasteiger partial charge in [-0.1, -0.05) is 0 Å². The fraction of sp³-hybridized carbons (Fsp3) is 0.556. The zero-order valence-corrected chi connectivity index (χ0v) is 8.17. The van der Waals surface area contributed by atoms with E-state index in [9.17, 15) is 22.8 Å². The van der Waals surface area contributed by atoms with E-state index in [0.717, 1.165) is 18.9 Å². The van der Waals surface area contributed by atoms with Gasteiger partial charge in [0, 0.05) is 11.8 Å². The Morgan fingerprint density at radius 2 is 2.00 bits per heavy atom.